The van der Waals surface area contributed by atoms with Gasteiger partial charge in [0.15, 0.2) is 0 Å². The number of benzene rings is 2. The van der Waals surface area contributed by atoms with E-state index in [1.807, 2.05) is 42.5 Å². The Hall–Kier alpha value is -1.96. The molecule has 1 aliphatic rings. The normalized spacial score (nSPS) is 13.5. The Morgan fingerprint density at radius 2 is 1.63 bits per heavy atom. The van der Waals surface area contributed by atoms with Crippen LogP contribution in [0.4, 0.5) is 0 Å². The molecule has 2 heteroatoms. The third-order valence-corrected chi connectivity index (χ3v) is 2.88. The maximum Gasteiger partial charge on any atom is 0.123 e. The number of hydrogen-bond acceptors (Lipinski definition) is 2. The largest absolute Gasteiger partial charge is 0.490 e. The average molecular weight is 256 g/mol. The van der Waals surface area contributed by atoms with E-state index in [0.717, 1.165) is 11.5 Å². The van der Waals surface area contributed by atoms with Crippen LogP contribution in [0.15, 0.2) is 54.6 Å². The lowest BCUT2D eigenvalue weighted by Gasteiger charge is -2.09. The minimum atomic E-state index is 0. The summed E-state index contributed by atoms with van der Waals surface area (Å²) >= 11 is 0. The fourth-order valence-corrected chi connectivity index (χ4v) is 1.76. The van der Waals surface area contributed by atoms with Crippen LogP contribution in [0.25, 0.3) is 0 Å². The van der Waals surface area contributed by atoms with Crippen molar-refractivity contribution in [3.8, 4) is 11.5 Å². The number of hydrogen-bond donors (Lipinski definition) is 0. The first-order chi connectivity index (χ1) is 8.90. The molecule has 1 fully saturated rings. The molecule has 0 heterocycles. The smallest absolute Gasteiger partial charge is 0.123 e. The van der Waals surface area contributed by atoms with E-state index in [2.05, 4.69) is 12.1 Å². The van der Waals surface area contributed by atoms with Crippen LogP contribution in [0, 0.1) is 0 Å². The van der Waals surface area contributed by atoms with E-state index in [-0.39, 0.29) is 7.43 Å². The van der Waals surface area contributed by atoms with Gasteiger partial charge in [-0.2, -0.15) is 0 Å². The van der Waals surface area contributed by atoms with Crippen LogP contribution in [0.1, 0.15) is 25.8 Å². The second-order valence-corrected chi connectivity index (χ2v) is 4.57. The molecule has 0 bridgehead atoms. The lowest BCUT2D eigenvalue weighted by Crippen LogP contribution is -1.98. The van der Waals surface area contributed by atoms with Gasteiger partial charge in [-0.1, -0.05) is 43.8 Å². The monoisotopic (exact) mass is 256 g/mol. The zero-order valence-corrected chi connectivity index (χ0v) is 10.2. The highest BCUT2D eigenvalue weighted by molar-refractivity contribution is 5.33. The first-order valence-electron chi connectivity index (χ1n) is 6.33. The molecule has 3 rings (SSSR count). The van der Waals surface area contributed by atoms with Crippen LogP contribution in [-0.4, -0.2) is 6.10 Å². The first kappa shape index (κ1) is 13.5. The van der Waals surface area contributed by atoms with Crippen LogP contribution >= 0.6 is 0 Å². The average Bonchev–Trinajstić information content (AvgIpc) is 3.22. The predicted octanol–water partition coefficient (Wildman–Crippen LogP) is 4.44. The molecule has 0 saturated heterocycles. The van der Waals surface area contributed by atoms with Gasteiger partial charge in [-0.15, -0.1) is 0 Å². The van der Waals surface area contributed by atoms with Gasteiger partial charge in [0.05, 0.1) is 6.10 Å². The Morgan fingerprint density at radius 3 is 2.37 bits per heavy atom. The fourth-order valence-electron chi connectivity index (χ4n) is 1.76. The minimum absolute atomic E-state index is 0. The molecule has 0 aromatic heterocycles. The molecule has 0 atom stereocenters. The van der Waals surface area contributed by atoms with Gasteiger partial charge in [0.1, 0.15) is 18.1 Å². The summed E-state index contributed by atoms with van der Waals surface area (Å²) in [6.07, 6.45) is 2.78. The topological polar surface area (TPSA) is 18.5 Å². The van der Waals surface area contributed by atoms with Crippen molar-refractivity contribution in [3.05, 3.63) is 60.2 Å². The van der Waals surface area contributed by atoms with Gasteiger partial charge in [0, 0.05) is 6.07 Å². The summed E-state index contributed by atoms with van der Waals surface area (Å²) in [5, 5.41) is 0. The highest BCUT2D eigenvalue weighted by atomic mass is 16.5. The second kappa shape index (κ2) is 6.28. The van der Waals surface area contributed by atoms with E-state index in [1.165, 1.54) is 18.4 Å². The Labute approximate surface area is 115 Å². The standard InChI is InChI=1S/C16H16O2.CH4/c1-2-5-13(6-3-1)12-17-15-7-4-8-16(11-15)18-14-9-10-14;/h1-8,11,14H,9-10,12H2;1H4. The molecule has 0 radical (unpaired) electrons. The zero-order valence-electron chi connectivity index (χ0n) is 10.2. The fraction of sp³-hybridized carbons (Fsp3) is 0.294. The maximum absolute atomic E-state index is 5.75. The van der Waals surface area contributed by atoms with Gasteiger partial charge in [0.2, 0.25) is 0 Å². The lowest BCUT2D eigenvalue weighted by atomic mass is 10.2. The van der Waals surface area contributed by atoms with Gasteiger partial charge in [-0.25, -0.2) is 0 Å². The van der Waals surface area contributed by atoms with E-state index in [4.69, 9.17) is 9.47 Å². The van der Waals surface area contributed by atoms with Crippen molar-refractivity contribution in [2.45, 2.75) is 33.0 Å². The molecule has 2 nitrogen and oxygen atoms in total. The molecule has 0 aliphatic heterocycles. The molecule has 1 aliphatic carbocycles. The maximum atomic E-state index is 5.75. The molecule has 0 N–H and O–H groups in total. The SMILES string of the molecule is C.c1ccc(COc2cccc(OC3CC3)c2)cc1. The van der Waals surface area contributed by atoms with Crippen molar-refractivity contribution in [2.24, 2.45) is 0 Å². The summed E-state index contributed by atoms with van der Waals surface area (Å²) in [6.45, 7) is 0.591. The highest BCUT2D eigenvalue weighted by Crippen LogP contribution is 2.28. The summed E-state index contributed by atoms with van der Waals surface area (Å²) in [5.41, 5.74) is 1.17. The van der Waals surface area contributed by atoms with Crippen LogP contribution in [0.3, 0.4) is 0 Å². The van der Waals surface area contributed by atoms with Gasteiger partial charge in [-0.3, -0.25) is 0 Å². The van der Waals surface area contributed by atoms with Gasteiger partial charge in [-0.05, 0) is 30.5 Å². The highest BCUT2D eigenvalue weighted by Gasteiger charge is 2.23. The van der Waals surface area contributed by atoms with E-state index in [0.29, 0.717) is 12.7 Å². The molecule has 0 unspecified atom stereocenters. The van der Waals surface area contributed by atoms with Crippen molar-refractivity contribution in [3.63, 3.8) is 0 Å². The second-order valence-electron chi connectivity index (χ2n) is 4.57. The summed E-state index contributed by atoms with van der Waals surface area (Å²) in [6, 6.07) is 18.0. The molecule has 1 saturated carbocycles. The van der Waals surface area contributed by atoms with E-state index >= 15 is 0 Å². The van der Waals surface area contributed by atoms with Crippen molar-refractivity contribution in [2.75, 3.05) is 0 Å². The van der Waals surface area contributed by atoms with Gasteiger partial charge in [0.25, 0.3) is 0 Å². The first-order valence-corrected chi connectivity index (χ1v) is 6.33. The molecule has 19 heavy (non-hydrogen) atoms. The van der Waals surface area contributed by atoms with Crippen LogP contribution in [-0.2, 0) is 6.61 Å². The van der Waals surface area contributed by atoms with Crippen molar-refractivity contribution < 1.29 is 9.47 Å². The molecular formula is C17H20O2. The third-order valence-electron chi connectivity index (χ3n) is 2.88. The number of rotatable bonds is 5. The quantitative estimate of drug-likeness (QED) is 0.787. The number of ether oxygens (including phenoxy) is 2. The van der Waals surface area contributed by atoms with E-state index < -0.39 is 0 Å². The molecule has 2 aromatic rings. The van der Waals surface area contributed by atoms with Crippen LogP contribution < -0.4 is 9.47 Å². The van der Waals surface area contributed by atoms with Crippen LogP contribution in [0.2, 0.25) is 0 Å². The summed E-state index contributed by atoms with van der Waals surface area (Å²) in [7, 11) is 0. The van der Waals surface area contributed by atoms with E-state index in [1.54, 1.807) is 0 Å². The summed E-state index contributed by atoms with van der Waals surface area (Å²) < 4.78 is 11.5. The Bertz CT molecular complexity index is 504. The van der Waals surface area contributed by atoms with Crippen molar-refractivity contribution in [1.29, 1.82) is 0 Å². The summed E-state index contributed by atoms with van der Waals surface area (Å²) in [4.78, 5) is 0. The Morgan fingerprint density at radius 1 is 0.895 bits per heavy atom. The molecule has 0 spiro atoms. The molecular weight excluding hydrogens is 236 g/mol. The third kappa shape index (κ3) is 4.02. The van der Waals surface area contributed by atoms with Crippen LogP contribution in [0.5, 0.6) is 11.5 Å². The lowest BCUT2D eigenvalue weighted by molar-refractivity contribution is 0.288. The molecule has 0 amide bonds. The zero-order chi connectivity index (χ0) is 12.2. The Balaban J connectivity index is 0.00000133. The van der Waals surface area contributed by atoms with Crippen molar-refractivity contribution in [1.82, 2.24) is 0 Å². The van der Waals surface area contributed by atoms with Crippen molar-refractivity contribution >= 4 is 0 Å². The van der Waals surface area contributed by atoms with Gasteiger partial charge < -0.3 is 9.47 Å². The minimum Gasteiger partial charge on any atom is -0.490 e. The summed E-state index contributed by atoms with van der Waals surface area (Å²) in [5.74, 6) is 1.76. The molecule has 2 aromatic carbocycles. The van der Waals surface area contributed by atoms with Gasteiger partial charge >= 0.3 is 0 Å². The molecule has 100 valence electrons. The predicted molar refractivity (Wildman–Crippen MR) is 77.6 cm³/mol. The Kier molecular flexibility index (Phi) is 4.45. The van der Waals surface area contributed by atoms with E-state index in [9.17, 15) is 0 Å².